The largest absolute Gasteiger partial charge is 0.493 e. The van der Waals surface area contributed by atoms with E-state index in [0.29, 0.717) is 42.6 Å². The van der Waals surface area contributed by atoms with Crippen LogP contribution in [0, 0.1) is 0 Å². The molecule has 5 rings (SSSR count). The maximum absolute atomic E-state index is 13.4. The highest BCUT2D eigenvalue weighted by atomic mass is 16.5. The standard InChI is InChI=1S/C37H32O5/c1-39-36-23-33(34(38)22-19-28-17-20-32(21-18-28)40-25-29-11-5-2-6-12-29)35(41-26-30-13-7-3-8-14-30)24-37(36)42-27-31-15-9-4-10-16-31/h2-24H,25-27H2,1H3. The molecule has 0 fully saturated rings. The third-order valence-corrected chi connectivity index (χ3v) is 6.56. The summed E-state index contributed by atoms with van der Waals surface area (Å²) in [4.78, 5) is 13.4. The maximum atomic E-state index is 13.4. The molecule has 42 heavy (non-hydrogen) atoms. The van der Waals surface area contributed by atoms with Crippen LogP contribution in [0.2, 0.25) is 0 Å². The summed E-state index contributed by atoms with van der Waals surface area (Å²) in [5, 5.41) is 0. The quantitative estimate of drug-likeness (QED) is 0.108. The van der Waals surface area contributed by atoms with Crippen LogP contribution >= 0.6 is 0 Å². The Morgan fingerprint density at radius 1 is 0.571 bits per heavy atom. The van der Waals surface area contributed by atoms with Gasteiger partial charge < -0.3 is 18.9 Å². The van der Waals surface area contributed by atoms with Gasteiger partial charge in [-0.3, -0.25) is 4.79 Å². The molecule has 0 aliphatic rings. The first-order chi connectivity index (χ1) is 20.7. The van der Waals surface area contributed by atoms with E-state index in [4.69, 9.17) is 18.9 Å². The van der Waals surface area contributed by atoms with Gasteiger partial charge in [0.1, 0.15) is 31.3 Å². The number of ketones is 1. The fourth-order valence-electron chi connectivity index (χ4n) is 4.27. The molecule has 5 aromatic rings. The van der Waals surface area contributed by atoms with E-state index in [0.717, 1.165) is 28.0 Å². The summed E-state index contributed by atoms with van der Waals surface area (Å²) < 4.78 is 23.7. The van der Waals surface area contributed by atoms with Crippen molar-refractivity contribution in [1.29, 1.82) is 0 Å². The van der Waals surface area contributed by atoms with Crippen molar-refractivity contribution < 1.29 is 23.7 Å². The molecule has 0 unspecified atom stereocenters. The van der Waals surface area contributed by atoms with Crippen LogP contribution < -0.4 is 18.9 Å². The molecule has 5 nitrogen and oxygen atoms in total. The Hall–Kier alpha value is -5.29. The Morgan fingerprint density at radius 3 is 1.60 bits per heavy atom. The zero-order valence-corrected chi connectivity index (χ0v) is 23.4. The summed E-state index contributed by atoms with van der Waals surface area (Å²) in [6, 6.07) is 40.7. The van der Waals surface area contributed by atoms with E-state index >= 15 is 0 Å². The Bertz CT molecular complexity index is 1600. The number of hydrogen-bond donors (Lipinski definition) is 0. The minimum Gasteiger partial charge on any atom is -0.493 e. The smallest absolute Gasteiger partial charge is 0.189 e. The Balaban J connectivity index is 1.33. The second-order valence-corrected chi connectivity index (χ2v) is 9.59. The molecule has 0 saturated heterocycles. The lowest BCUT2D eigenvalue weighted by Gasteiger charge is -2.16. The van der Waals surface area contributed by atoms with Crippen LogP contribution in [0.1, 0.15) is 32.6 Å². The van der Waals surface area contributed by atoms with Gasteiger partial charge in [0.2, 0.25) is 0 Å². The molecule has 0 aliphatic heterocycles. The van der Waals surface area contributed by atoms with E-state index in [1.807, 2.05) is 115 Å². The third-order valence-electron chi connectivity index (χ3n) is 6.56. The van der Waals surface area contributed by atoms with Crippen LogP contribution in [-0.4, -0.2) is 12.9 Å². The molecule has 0 amide bonds. The molecule has 0 N–H and O–H groups in total. The first-order valence-corrected chi connectivity index (χ1v) is 13.7. The number of hydrogen-bond acceptors (Lipinski definition) is 5. The molecule has 5 heteroatoms. The molecule has 0 saturated carbocycles. The SMILES string of the molecule is COc1cc(C(=O)C=Cc2ccc(OCc3ccccc3)cc2)c(OCc2ccccc2)cc1OCc1ccccc1. The van der Waals surface area contributed by atoms with Gasteiger partial charge in [0.15, 0.2) is 17.3 Å². The zero-order valence-electron chi connectivity index (χ0n) is 23.4. The Morgan fingerprint density at radius 2 is 1.07 bits per heavy atom. The third kappa shape index (κ3) is 7.89. The summed E-state index contributed by atoms with van der Waals surface area (Å²) in [7, 11) is 1.56. The topological polar surface area (TPSA) is 54.0 Å². The second-order valence-electron chi connectivity index (χ2n) is 9.59. The lowest BCUT2D eigenvalue weighted by atomic mass is 10.1. The molecule has 0 atom stereocenters. The summed E-state index contributed by atoms with van der Waals surface area (Å²) in [5.74, 6) is 1.91. The van der Waals surface area contributed by atoms with Crippen LogP contribution in [0.5, 0.6) is 23.0 Å². The predicted molar refractivity (Wildman–Crippen MR) is 165 cm³/mol. The van der Waals surface area contributed by atoms with Crippen molar-refractivity contribution in [1.82, 2.24) is 0 Å². The lowest BCUT2D eigenvalue weighted by molar-refractivity contribution is 0.104. The monoisotopic (exact) mass is 556 g/mol. The molecule has 0 bridgehead atoms. The van der Waals surface area contributed by atoms with Crippen LogP contribution in [0.25, 0.3) is 6.08 Å². The van der Waals surface area contributed by atoms with Gasteiger partial charge in [0, 0.05) is 6.07 Å². The zero-order chi connectivity index (χ0) is 29.0. The van der Waals surface area contributed by atoms with E-state index in [-0.39, 0.29) is 5.78 Å². The number of carbonyl (C=O) groups is 1. The van der Waals surface area contributed by atoms with E-state index in [2.05, 4.69) is 0 Å². The minimum absolute atomic E-state index is 0.213. The predicted octanol–water partition coefficient (Wildman–Crippen LogP) is 8.33. The van der Waals surface area contributed by atoms with Gasteiger partial charge in [-0.1, -0.05) is 109 Å². The summed E-state index contributed by atoms with van der Waals surface area (Å²) in [6.07, 6.45) is 3.31. The van der Waals surface area contributed by atoms with Crippen molar-refractivity contribution in [2.24, 2.45) is 0 Å². The van der Waals surface area contributed by atoms with Crippen molar-refractivity contribution in [2.45, 2.75) is 19.8 Å². The first kappa shape index (κ1) is 28.2. The number of carbonyl (C=O) groups excluding carboxylic acids is 1. The van der Waals surface area contributed by atoms with Crippen LogP contribution in [0.4, 0.5) is 0 Å². The van der Waals surface area contributed by atoms with Crippen LogP contribution in [-0.2, 0) is 19.8 Å². The number of methoxy groups -OCH3 is 1. The van der Waals surface area contributed by atoms with Crippen molar-refractivity contribution >= 4 is 11.9 Å². The van der Waals surface area contributed by atoms with E-state index < -0.39 is 0 Å². The average Bonchev–Trinajstić information content (AvgIpc) is 3.06. The van der Waals surface area contributed by atoms with Gasteiger partial charge in [0.05, 0.1) is 12.7 Å². The van der Waals surface area contributed by atoms with E-state index in [1.165, 1.54) is 6.08 Å². The van der Waals surface area contributed by atoms with Gasteiger partial charge in [-0.25, -0.2) is 0 Å². The highest BCUT2D eigenvalue weighted by Gasteiger charge is 2.18. The highest BCUT2D eigenvalue weighted by Crippen LogP contribution is 2.36. The average molecular weight is 557 g/mol. The number of ether oxygens (including phenoxy) is 4. The van der Waals surface area contributed by atoms with Gasteiger partial charge in [0.25, 0.3) is 0 Å². The first-order valence-electron chi connectivity index (χ1n) is 13.7. The Kier molecular flexibility index (Phi) is 9.67. The number of allylic oxidation sites excluding steroid dienone is 1. The molecule has 0 aromatic heterocycles. The van der Waals surface area contributed by atoms with Gasteiger partial charge in [-0.15, -0.1) is 0 Å². The highest BCUT2D eigenvalue weighted by molar-refractivity contribution is 6.09. The number of rotatable bonds is 13. The second kappa shape index (κ2) is 14.4. The van der Waals surface area contributed by atoms with E-state index in [9.17, 15) is 4.79 Å². The summed E-state index contributed by atoms with van der Waals surface area (Å²) in [6.45, 7) is 1.15. The molecule has 0 heterocycles. The fourth-order valence-corrected chi connectivity index (χ4v) is 4.27. The molecule has 0 radical (unpaired) electrons. The fraction of sp³-hybridized carbons (Fsp3) is 0.108. The Labute approximate surface area is 246 Å². The molecule has 5 aromatic carbocycles. The minimum atomic E-state index is -0.213. The molecule has 0 aliphatic carbocycles. The van der Waals surface area contributed by atoms with Crippen LogP contribution in [0.3, 0.4) is 0 Å². The van der Waals surface area contributed by atoms with Crippen molar-refractivity contribution in [3.63, 3.8) is 0 Å². The molecule has 0 spiro atoms. The van der Waals surface area contributed by atoms with Crippen molar-refractivity contribution in [2.75, 3.05) is 7.11 Å². The van der Waals surface area contributed by atoms with E-state index in [1.54, 1.807) is 25.3 Å². The number of benzene rings is 5. The van der Waals surface area contributed by atoms with Crippen molar-refractivity contribution in [3.8, 4) is 23.0 Å². The molecular formula is C37H32O5. The van der Waals surface area contributed by atoms with Crippen LogP contribution in [0.15, 0.2) is 133 Å². The normalized spacial score (nSPS) is 10.8. The molecular weight excluding hydrogens is 524 g/mol. The summed E-state index contributed by atoms with van der Waals surface area (Å²) in [5.41, 5.74) is 4.37. The molecule has 210 valence electrons. The van der Waals surface area contributed by atoms with Crippen molar-refractivity contribution in [3.05, 3.63) is 161 Å². The van der Waals surface area contributed by atoms with Gasteiger partial charge >= 0.3 is 0 Å². The summed E-state index contributed by atoms with van der Waals surface area (Å²) >= 11 is 0. The lowest BCUT2D eigenvalue weighted by Crippen LogP contribution is -2.05. The van der Waals surface area contributed by atoms with Gasteiger partial charge in [-0.2, -0.15) is 0 Å². The van der Waals surface area contributed by atoms with Gasteiger partial charge in [-0.05, 0) is 46.5 Å². The maximum Gasteiger partial charge on any atom is 0.189 e.